The maximum Gasteiger partial charge on any atom is 0.261 e. The van der Waals surface area contributed by atoms with Crippen LogP contribution in [0.5, 0.6) is 0 Å². The van der Waals surface area contributed by atoms with Crippen molar-refractivity contribution in [2.24, 2.45) is 5.73 Å². The van der Waals surface area contributed by atoms with Crippen LogP contribution in [-0.2, 0) is 12.1 Å². The molecule has 1 aromatic carbocycles. The maximum absolute atomic E-state index is 12.6. The Kier molecular flexibility index (Phi) is 3.73. The van der Waals surface area contributed by atoms with Gasteiger partial charge in [-0.15, -0.1) is 0 Å². The first-order valence-electron chi connectivity index (χ1n) is 7.82. The Balaban J connectivity index is 1.66. The molecule has 0 atom stereocenters. The second kappa shape index (κ2) is 5.78. The second-order valence-corrected chi connectivity index (χ2v) is 7.13. The van der Waals surface area contributed by atoms with Gasteiger partial charge >= 0.3 is 0 Å². The number of benzene rings is 1. The van der Waals surface area contributed by atoms with E-state index < -0.39 is 5.54 Å². The highest BCUT2D eigenvalue weighted by Gasteiger charge is 2.35. The highest BCUT2D eigenvalue weighted by Crippen LogP contribution is 2.34. The van der Waals surface area contributed by atoms with E-state index in [0.29, 0.717) is 22.6 Å². The summed E-state index contributed by atoms with van der Waals surface area (Å²) in [5.74, 6) is 0.888. The van der Waals surface area contributed by atoms with Gasteiger partial charge in [0.25, 0.3) is 5.56 Å². The van der Waals surface area contributed by atoms with E-state index in [4.69, 9.17) is 10.3 Å². The predicted molar refractivity (Wildman–Crippen MR) is 91.4 cm³/mol. The summed E-state index contributed by atoms with van der Waals surface area (Å²) < 4.78 is 7.59. The standard InChI is InChI=1S/C16H16BrN5O2/c17-10-3-4-12-11(7-10)14(23)22(9-19-12)8-13-20-15(21-24-13)16(18)5-1-2-6-16/h3-4,7,9H,1-2,5-6,8,18H2. The average Bonchev–Trinajstić information content (AvgIpc) is 3.21. The third-order valence-electron chi connectivity index (χ3n) is 4.50. The summed E-state index contributed by atoms with van der Waals surface area (Å²) >= 11 is 3.37. The molecule has 0 spiro atoms. The van der Waals surface area contributed by atoms with E-state index >= 15 is 0 Å². The summed E-state index contributed by atoms with van der Waals surface area (Å²) in [6.07, 6.45) is 5.36. The minimum absolute atomic E-state index is 0.149. The quantitative estimate of drug-likeness (QED) is 0.737. The molecule has 0 aliphatic heterocycles. The van der Waals surface area contributed by atoms with Crippen molar-refractivity contribution in [3.63, 3.8) is 0 Å². The van der Waals surface area contributed by atoms with Crippen LogP contribution in [0.1, 0.15) is 37.4 Å². The van der Waals surface area contributed by atoms with Crippen LogP contribution >= 0.6 is 15.9 Å². The van der Waals surface area contributed by atoms with Gasteiger partial charge in [0, 0.05) is 4.47 Å². The Labute approximate surface area is 146 Å². The van der Waals surface area contributed by atoms with Gasteiger partial charge in [0.15, 0.2) is 5.82 Å². The largest absolute Gasteiger partial charge is 0.337 e. The first kappa shape index (κ1) is 15.5. The first-order chi connectivity index (χ1) is 11.5. The van der Waals surface area contributed by atoms with Crippen LogP contribution in [0.3, 0.4) is 0 Å². The normalized spacial score (nSPS) is 16.8. The van der Waals surface area contributed by atoms with Crippen LogP contribution < -0.4 is 11.3 Å². The van der Waals surface area contributed by atoms with Crippen molar-refractivity contribution >= 4 is 26.8 Å². The number of fused-ring (bicyclic) bond motifs is 1. The smallest absolute Gasteiger partial charge is 0.261 e. The zero-order valence-corrected chi connectivity index (χ0v) is 14.5. The zero-order chi connectivity index (χ0) is 16.7. The van der Waals surface area contributed by atoms with Crippen molar-refractivity contribution in [2.75, 3.05) is 0 Å². The molecule has 0 bridgehead atoms. The molecular formula is C16H16BrN5O2. The van der Waals surface area contributed by atoms with Crippen molar-refractivity contribution in [3.05, 3.63) is 51.1 Å². The lowest BCUT2D eigenvalue weighted by atomic mass is 9.99. The first-order valence-corrected chi connectivity index (χ1v) is 8.61. The molecule has 24 heavy (non-hydrogen) atoms. The van der Waals surface area contributed by atoms with Crippen molar-refractivity contribution in [3.8, 4) is 0 Å². The Bertz CT molecular complexity index is 959. The average molecular weight is 390 g/mol. The maximum atomic E-state index is 12.6. The van der Waals surface area contributed by atoms with Gasteiger partial charge in [-0.3, -0.25) is 9.36 Å². The Hall–Kier alpha value is -2.06. The lowest BCUT2D eigenvalue weighted by Gasteiger charge is -2.17. The fraction of sp³-hybridized carbons (Fsp3) is 0.375. The van der Waals surface area contributed by atoms with Gasteiger partial charge in [-0.25, -0.2) is 4.98 Å². The summed E-state index contributed by atoms with van der Waals surface area (Å²) in [6, 6.07) is 5.41. The van der Waals surface area contributed by atoms with Gasteiger partial charge in [0.2, 0.25) is 5.89 Å². The fourth-order valence-corrected chi connectivity index (χ4v) is 3.50. The molecule has 0 unspecified atom stereocenters. The molecule has 2 N–H and O–H groups in total. The molecule has 124 valence electrons. The minimum atomic E-state index is -0.501. The number of hydrogen-bond acceptors (Lipinski definition) is 6. The molecule has 2 aromatic heterocycles. The van der Waals surface area contributed by atoms with E-state index in [-0.39, 0.29) is 12.1 Å². The Morgan fingerprint density at radius 1 is 1.33 bits per heavy atom. The van der Waals surface area contributed by atoms with E-state index in [1.54, 1.807) is 12.1 Å². The molecule has 1 aliphatic carbocycles. The summed E-state index contributed by atoms with van der Waals surface area (Å²) in [7, 11) is 0. The molecule has 2 heterocycles. The third kappa shape index (κ3) is 2.65. The van der Waals surface area contributed by atoms with Crippen LogP contribution in [0.4, 0.5) is 0 Å². The molecule has 1 aliphatic rings. The van der Waals surface area contributed by atoms with Crippen molar-refractivity contribution < 1.29 is 4.52 Å². The van der Waals surface area contributed by atoms with Crippen LogP contribution in [0.25, 0.3) is 10.9 Å². The summed E-state index contributed by atoms with van der Waals surface area (Å²) in [6.45, 7) is 0.178. The number of rotatable bonds is 3. The fourth-order valence-electron chi connectivity index (χ4n) is 3.14. The summed E-state index contributed by atoms with van der Waals surface area (Å²) in [4.78, 5) is 21.3. The minimum Gasteiger partial charge on any atom is -0.337 e. The molecular weight excluding hydrogens is 374 g/mol. The van der Waals surface area contributed by atoms with E-state index in [1.165, 1.54) is 10.9 Å². The number of aromatic nitrogens is 4. The highest BCUT2D eigenvalue weighted by atomic mass is 79.9. The Morgan fingerprint density at radius 3 is 2.92 bits per heavy atom. The molecule has 1 saturated carbocycles. The van der Waals surface area contributed by atoms with Gasteiger partial charge in [0.1, 0.15) is 6.54 Å². The van der Waals surface area contributed by atoms with Crippen LogP contribution in [0.15, 0.2) is 38.3 Å². The van der Waals surface area contributed by atoms with Crippen LogP contribution in [0, 0.1) is 0 Å². The Morgan fingerprint density at radius 2 is 2.12 bits per heavy atom. The number of nitrogens with zero attached hydrogens (tertiary/aromatic N) is 4. The van der Waals surface area contributed by atoms with Gasteiger partial charge < -0.3 is 10.3 Å². The predicted octanol–water partition coefficient (Wildman–Crippen LogP) is 2.32. The van der Waals surface area contributed by atoms with Gasteiger partial charge in [-0.2, -0.15) is 4.98 Å². The van der Waals surface area contributed by atoms with Gasteiger partial charge in [-0.05, 0) is 31.0 Å². The topological polar surface area (TPSA) is 99.8 Å². The molecule has 0 amide bonds. The number of nitrogens with two attached hydrogens (primary N) is 1. The SMILES string of the molecule is NC1(c2noc(Cn3cnc4ccc(Br)cc4c3=O)n2)CCCC1. The molecule has 0 radical (unpaired) electrons. The lowest BCUT2D eigenvalue weighted by Crippen LogP contribution is -2.34. The zero-order valence-electron chi connectivity index (χ0n) is 12.9. The summed E-state index contributed by atoms with van der Waals surface area (Å²) in [5.41, 5.74) is 6.34. The summed E-state index contributed by atoms with van der Waals surface area (Å²) in [5, 5.41) is 4.56. The lowest BCUT2D eigenvalue weighted by molar-refractivity contribution is 0.343. The van der Waals surface area contributed by atoms with Crippen molar-refractivity contribution in [2.45, 2.75) is 37.8 Å². The molecule has 4 rings (SSSR count). The highest BCUT2D eigenvalue weighted by molar-refractivity contribution is 9.10. The molecule has 1 fully saturated rings. The van der Waals surface area contributed by atoms with Gasteiger partial charge in [0.05, 0.1) is 22.8 Å². The van der Waals surface area contributed by atoms with E-state index in [1.807, 2.05) is 6.07 Å². The van der Waals surface area contributed by atoms with Gasteiger partial charge in [-0.1, -0.05) is 33.9 Å². The molecule has 7 nitrogen and oxygen atoms in total. The monoisotopic (exact) mass is 389 g/mol. The van der Waals surface area contributed by atoms with E-state index in [9.17, 15) is 4.79 Å². The number of halogens is 1. The van der Waals surface area contributed by atoms with E-state index in [0.717, 1.165) is 30.2 Å². The van der Waals surface area contributed by atoms with Crippen LogP contribution in [-0.4, -0.2) is 19.7 Å². The van der Waals surface area contributed by atoms with Crippen molar-refractivity contribution in [1.82, 2.24) is 19.7 Å². The number of hydrogen-bond donors (Lipinski definition) is 1. The molecule has 3 aromatic rings. The van der Waals surface area contributed by atoms with E-state index in [2.05, 4.69) is 31.1 Å². The molecule has 0 saturated heterocycles. The third-order valence-corrected chi connectivity index (χ3v) is 4.99. The van der Waals surface area contributed by atoms with Crippen molar-refractivity contribution in [1.29, 1.82) is 0 Å². The molecule has 8 heteroatoms. The van der Waals surface area contributed by atoms with Crippen LogP contribution in [0.2, 0.25) is 0 Å². The second-order valence-electron chi connectivity index (χ2n) is 6.21.